The predicted octanol–water partition coefficient (Wildman–Crippen LogP) is 7.93. The molecule has 0 bridgehead atoms. The van der Waals surface area contributed by atoms with E-state index >= 15 is 0 Å². The number of hydrogen-bond acceptors (Lipinski definition) is 0. The maximum Gasteiger partial charge on any atom is -0.00000770 e. The Morgan fingerprint density at radius 1 is 0.326 bits per heavy atom. The number of rotatable bonds is 6. The maximum absolute atomic E-state index is 2.43. The molecule has 0 heterocycles. The highest BCUT2D eigenvalue weighted by Gasteiger charge is 2.29. The Morgan fingerprint density at radius 3 is 1.28 bits per heavy atom. The zero-order valence-corrected chi connectivity index (χ0v) is 25.6. The highest BCUT2D eigenvalue weighted by molar-refractivity contribution is 7.80. The SMILES string of the molecule is c1ccc(P(c2ccccc2)c2cccc3c2Cc2c(P(c4ccccc4)c4ccccc4)ccc4cccc-3c24)cc1. The molecule has 0 fully saturated rings. The fourth-order valence-electron chi connectivity index (χ4n) is 6.62. The molecule has 7 aromatic carbocycles. The van der Waals surface area contributed by atoms with E-state index < -0.39 is 15.8 Å². The van der Waals surface area contributed by atoms with E-state index in [0.29, 0.717) is 0 Å². The van der Waals surface area contributed by atoms with Gasteiger partial charge in [-0.15, -0.1) is 0 Å². The molecular formula is C41H30P2. The smallest absolute Gasteiger partial charge is 0.00000770 e. The molecule has 0 N–H and O–H groups in total. The third-order valence-corrected chi connectivity index (χ3v) is 13.5. The van der Waals surface area contributed by atoms with Gasteiger partial charge in [-0.1, -0.05) is 170 Å². The summed E-state index contributed by atoms with van der Waals surface area (Å²) in [4.78, 5) is 0. The van der Waals surface area contributed by atoms with Crippen LogP contribution in [0.5, 0.6) is 0 Å². The van der Waals surface area contributed by atoms with Gasteiger partial charge in [-0.2, -0.15) is 0 Å². The summed E-state index contributed by atoms with van der Waals surface area (Å²) in [5, 5.41) is 11.3. The van der Waals surface area contributed by atoms with Crippen molar-refractivity contribution in [3.63, 3.8) is 0 Å². The molecule has 2 heteroatoms. The quantitative estimate of drug-likeness (QED) is 0.174. The van der Waals surface area contributed by atoms with Crippen molar-refractivity contribution in [1.29, 1.82) is 0 Å². The highest BCUT2D eigenvalue weighted by Crippen LogP contribution is 2.45. The van der Waals surface area contributed by atoms with Crippen molar-refractivity contribution in [3.8, 4) is 11.1 Å². The van der Waals surface area contributed by atoms with Crippen LogP contribution in [0.1, 0.15) is 11.1 Å². The monoisotopic (exact) mass is 584 g/mol. The topological polar surface area (TPSA) is 0 Å². The van der Waals surface area contributed by atoms with Crippen molar-refractivity contribution in [2.45, 2.75) is 6.42 Å². The molecule has 1 aliphatic carbocycles. The van der Waals surface area contributed by atoms with Gasteiger partial charge in [0.2, 0.25) is 0 Å². The molecule has 43 heavy (non-hydrogen) atoms. The molecule has 204 valence electrons. The lowest BCUT2D eigenvalue weighted by atomic mass is 9.83. The van der Waals surface area contributed by atoms with Gasteiger partial charge in [-0.3, -0.25) is 0 Å². The Balaban J connectivity index is 1.39. The minimum Gasteiger partial charge on any atom is -0.0622 e. The van der Waals surface area contributed by atoms with E-state index in [2.05, 4.69) is 170 Å². The molecule has 0 aliphatic heterocycles. The van der Waals surface area contributed by atoms with Gasteiger partial charge in [-0.05, 0) is 87.1 Å². The van der Waals surface area contributed by atoms with Crippen molar-refractivity contribution in [3.05, 3.63) is 181 Å². The van der Waals surface area contributed by atoms with Crippen LogP contribution >= 0.6 is 15.8 Å². The fraction of sp³-hybridized carbons (Fsp3) is 0.0244. The maximum atomic E-state index is 2.43. The molecule has 0 amide bonds. The minimum absolute atomic E-state index is 0.716. The Labute approximate surface area is 256 Å². The van der Waals surface area contributed by atoms with Crippen molar-refractivity contribution >= 4 is 58.4 Å². The van der Waals surface area contributed by atoms with E-state index in [1.165, 1.54) is 64.9 Å². The van der Waals surface area contributed by atoms with Crippen LogP contribution in [0.15, 0.2) is 170 Å². The second kappa shape index (κ2) is 11.4. The van der Waals surface area contributed by atoms with Gasteiger partial charge in [0.05, 0.1) is 0 Å². The molecular weight excluding hydrogens is 554 g/mol. The summed E-state index contributed by atoms with van der Waals surface area (Å²) >= 11 is 0. The molecule has 0 radical (unpaired) electrons. The number of fused-ring (bicyclic) bond motifs is 2. The molecule has 0 aromatic heterocycles. The van der Waals surface area contributed by atoms with E-state index in [-0.39, 0.29) is 0 Å². The first-order valence-corrected chi connectivity index (χ1v) is 17.5. The highest BCUT2D eigenvalue weighted by atomic mass is 31.1. The Bertz CT molecular complexity index is 1960. The standard InChI is InChI=1S/C41H30P2/c1-5-16-31(17-6-1)42(32-18-7-2-8-19-32)39-26-14-24-35-36-25-13-15-30-27-28-40(38(41(30)36)29-37(35)39)43(33-20-9-3-10-21-33)34-22-11-4-12-23-34/h1-28H,29H2. The van der Waals surface area contributed by atoms with E-state index in [9.17, 15) is 0 Å². The molecule has 8 rings (SSSR count). The lowest BCUT2D eigenvalue weighted by Gasteiger charge is -2.31. The summed E-state index contributed by atoms with van der Waals surface area (Å²) in [6, 6.07) is 63.2. The third-order valence-electron chi connectivity index (χ3n) is 8.46. The third kappa shape index (κ3) is 4.73. The van der Waals surface area contributed by atoms with Crippen molar-refractivity contribution < 1.29 is 0 Å². The Kier molecular flexibility index (Phi) is 6.97. The van der Waals surface area contributed by atoms with E-state index in [4.69, 9.17) is 0 Å². The molecule has 0 saturated heterocycles. The summed E-state index contributed by atoms with van der Waals surface area (Å²) < 4.78 is 0. The second-order valence-electron chi connectivity index (χ2n) is 11.0. The van der Waals surface area contributed by atoms with Gasteiger partial charge in [0, 0.05) is 0 Å². The van der Waals surface area contributed by atoms with Gasteiger partial charge in [-0.25, -0.2) is 0 Å². The molecule has 0 spiro atoms. The molecule has 0 unspecified atom stereocenters. The molecule has 1 aliphatic rings. The lowest BCUT2D eigenvalue weighted by molar-refractivity contribution is 1.23. The average molecular weight is 585 g/mol. The van der Waals surface area contributed by atoms with Crippen molar-refractivity contribution in [1.82, 2.24) is 0 Å². The summed E-state index contributed by atoms with van der Waals surface area (Å²) in [5.74, 6) is 0. The summed E-state index contributed by atoms with van der Waals surface area (Å²) in [5.41, 5.74) is 5.72. The molecule has 7 aromatic rings. The Morgan fingerprint density at radius 2 is 0.767 bits per heavy atom. The van der Waals surface area contributed by atoms with Gasteiger partial charge in [0.1, 0.15) is 0 Å². The van der Waals surface area contributed by atoms with Crippen molar-refractivity contribution in [2.75, 3.05) is 0 Å². The zero-order valence-electron chi connectivity index (χ0n) is 23.8. The summed E-state index contributed by atoms with van der Waals surface area (Å²) in [7, 11) is -1.44. The molecule has 0 saturated carbocycles. The van der Waals surface area contributed by atoms with Gasteiger partial charge in [0.15, 0.2) is 0 Å². The van der Waals surface area contributed by atoms with E-state index in [1.807, 2.05) is 0 Å². The van der Waals surface area contributed by atoms with E-state index in [0.717, 1.165) is 6.42 Å². The molecule has 0 atom stereocenters. The summed E-state index contributed by atoms with van der Waals surface area (Å²) in [6.45, 7) is 0. The predicted molar refractivity (Wildman–Crippen MR) is 190 cm³/mol. The normalized spacial score (nSPS) is 12.0. The second-order valence-corrected chi connectivity index (χ2v) is 15.3. The zero-order chi connectivity index (χ0) is 28.6. The van der Waals surface area contributed by atoms with Crippen LogP contribution in [-0.2, 0) is 6.42 Å². The van der Waals surface area contributed by atoms with Crippen LogP contribution < -0.4 is 31.8 Å². The summed E-state index contributed by atoms with van der Waals surface area (Å²) in [6.07, 6.45) is 0.937. The van der Waals surface area contributed by atoms with Gasteiger partial charge >= 0.3 is 0 Å². The van der Waals surface area contributed by atoms with Gasteiger partial charge < -0.3 is 0 Å². The number of benzene rings is 7. The van der Waals surface area contributed by atoms with Crippen LogP contribution in [0, 0.1) is 0 Å². The lowest BCUT2D eigenvalue weighted by Crippen LogP contribution is -2.28. The number of hydrogen-bond donors (Lipinski definition) is 0. The first-order valence-electron chi connectivity index (χ1n) is 14.8. The average Bonchev–Trinajstić information content (AvgIpc) is 3.08. The van der Waals surface area contributed by atoms with Gasteiger partial charge in [0.25, 0.3) is 0 Å². The van der Waals surface area contributed by atoms with Crippen LogP contribution in [0.4, 0.5) is 0 Å². The van der Waals surface area contributed by atoms with Crippen molar-refractivity contribution in [2.24, 2.45) is 0 Å². The Hall–Kier alpha value is -4.34. The van der Waals surface area contributed by atoms with Crippen LogP contribution in [0.3, 0.4) is 0 Å². The fourth-order valence-corrected chi connectivity index (χ4v) is 11.6. The first kappa shape index (κ1) is 26.3. The van der Waals surface area contributed by atoms with Crippen LogP contribution in [0.2, 0.25) is 0 Å². The van der Waals surface area contributed by atoms with Crippen LogP contribution in [0.25, 0.3) is 21.9 Å². The minimum atomic E-state index is -0.721. The van der Waals surface area contributed by atoms with Crippen LogP contribution in [-0.4, -0.2) is 0 Å². The molecule has 0 nitrogen and oxygen atoms in total. The largest absolute Gasteiger partial charge is 0.0622 e. The first-order chi connectivity index (χ1) is 21.4. The van der Waals surface area contributed by atoms with E-state index in [1.54, 1.807) is 0 Å².